The van der Waals surface area contributed by atoms with Gasteiger partial charge in [0.1, 0.15) is 0 Å². The molecule has 1 aromatic rings. The predicted octanol–water partition coefficient (Wildman–Crippen LogP) is 4.17. The molecule has 3 heteroatoms. The van der Waals surface area contributed by atoms with Crippen molar-refractivity contribution in [3.8, 4) is 0 Å². The number of thioether (sulfide) groups is 1. The molecular formula is C12H15BrOS. The monoisotopic (exact) mass is 286 g/mol. The summed E-state index contributed by atoms with van der Waals surface area (Å²) in [5, 5.41) is 0. The summed E-state index contributed by atoms with van der Waals surface area (Å²) < 4.78 is 0.895. The van der Waals surface area contributed by atoms with Crippen molar-refractivity contribution in [3.05, 3.63) is 34.3 Å². The van der Waals surface area contributed by atoms with Crippen LogP contribution in [0.5, 0.6) is 0 Å². The lowest BCUT2D eigenvalue weighted by Gasteiger charge is -2.02. The van der Waals surface area contributed by atoms with E-state index in [0.29, 0.717) is 5.75 Å². The standard InChI is InChI=1S/C12H15BrOS/c1-2-3-8-15-9-12(14)10-6-4-5-7-11(10)13/h4-7H,2-3,8-9H2,1H3. The number of unbranched alkanes of at least 4 members (excludes halogenated alkanes) is 1. The Hall–Kier alpha value is -0.280. The molecule has 0 N–H and O–H groups in total. The van der Waals surface area contributed by atoms with Crippen LogP contribution in [0, 0.1) is 0 Å². The van der Waals surface area contributed by atoms with Crippen molar-refractivity contribution in [3.63, 3.8) is 0 Å². The van der Waals surface area contributed by atoms with Gasteiger partial charge in [0, 0.05) is 10.0 Å². The molecule has 0 aliphatic heterocycles. The molecule has 0 radical (unpaired) electrons. The molecule has 1 rings (SSSR count). The van der Waals surface area contributed by atoms with Crippen LogP contribution in [0.25, 0.3) is 0 Å². The summed E-state index contributed by atoms with van der Waals surface area (Å²) >= 11 is 5.11. The van der Waals surface area contributed by atoms with Crippen LogP contribution < -0.4 is 0 Å². The average molecular weight is 287 g/mol. The Bertz CT molecular complexity index is 325. The van der Waals surface area contributed by atoms with Gasteiger partial charge in [0.05, 0.1) is 5.75 Å². The molecule has 0 saturated carbocycles. The van der Waals surface area contributed by atoms with E-state index >= 15 is 0 Å². The maximum atomic E-state index is 11.8. The Kier molecular flexibility index (Phi) is 6.03. The molecule has 0 unspecified atom stereocenters. The summed E-state index contributed by atoms with van der Waals surface area (Å²) in [7, 11) is 0. The highest BCUT2D eigenvalue weighted by molar-refractivity contribution is 9.10. The number of benzene rings is 1. The Labute approximate surface area is 104 Å². The molecule has 0 atom stereocenters. The number of carbonyl (C=O) groups excluding carboxylic acids is 1. The van der Waals surface area contributed by atoms with Crippen LogP contribution in [0.15, 0.2) is 28.7 Å². The molecule has 0 heterocycles. The van der Waals surface area contributed by atoms with E-state index in [-0.39, 0.29) is 5.78 Å². The van der Waals surface area contributed by atoms with E-state index in [0.717, 1.165) is 15.8 Å². The summed E-state index contributed by atoms with van der Waals surface area (Å²) in [5.41, 5.74) is 0.793. The smallest absolute Gasteiger partial charge is 0.173 e. The second-order valence-electron chi connectivity index (χ2n) is 3.31. The highest BCUT2D eigenvalue weighted by atomic mass is 79.9. The fourth-order valence-corrected chi connectivity index (χ4v) is 2.66. The number of hydrogen-bond donors (Lipinski definition) is 0. The maximum absolute atomic E-state index is 11.8. The first-order chi connectivity index (χ1) is 7.25. The van der Waals surface area contributed by atoms with Gasteiger partial charge < -0.3 is 0 Å². The zero-order chi connectivity index (χ0) is 11.1. The quantitative estimate of drug-likeness (QED) is 0.577. The number of carbonyl (C=O) groups is 1. The van der Waals surface area contributed by atoms with E-state index in [2.05, 4.69) is 22.9 Å². The molecule has 0 fully saturated rings. The summed E-state index contributed by atoms with van der Waals surface area (Å²) in [6.07, 6.45) is 2.38. The Morgan fingerprint density at radius 1 is 1.40 bits per heavy atom. The van der Waals surface area contributed by atoms with Gasteiger partial charge in [0.15, 0.2) is 5.78 Å². The van der Waals surface area contributed by atoms with Gasteiger partial charge in [-0.05, 0) is 18.2 Å². The van der Waals surface area contributed by atoms with E-state index in [4.69, 9.17) is 0 Å². The van der Waals surface area contributed by atoms with Crippen LogP contribution in [-0.2, 0) is 0 Å². The molecule has 0 aromatic heterocycles. The number of halogens is 1. The van der Waals surface area contributed by atoms with Gasteiger partial charge in [-0.3, -0.25) is 4.79 Å². The third-order valence-electron chi connectivity index (χ3n) is 2.05. The Morgan fingerprint density at radius 2 is 2.13 bits per heavy atom. The lowest BCUT2D eigenvalue weighted by atomic mass is 10.1. The zero-order valence-corrected chi connectivity index (χ0v) is 11.2. The second-order valence-corrected chi connectivity index (χ2v) is 5.27. The number of hydrogen-bond acceptors (Lipinski definition) is 2. The van der Waals surface area contributed by atoms with Gasteiger partial charge in [0.25, 0.3) is 0 Å². The minimum atomic E-state index is 0.212. The highest BCUT2D eigenvalue weighted by Gasteiger charge is 2.08. The van der Waals surface area contributed by atoms with E-state index < -0.39 is 0 Å². The lowest BCUT2D eigenvalue weighted by molar-refractivity contribution is 0.102. The van der Waals surface area contributed by atoms with Crippen molar-refractivity contribution >= 4 is 33.5 Å². The van der Waals surface area contributed by atoms with Crippen LogP contribution in [-0.4, -0.2) is 17.3 Å². The van der Waals surface area contributed by atoms with E-state index in [1.807, 2.05) is 24.3 Å². The van der Waals surface area contributed by atoms with Gasteiger partial charge in [-0.15, -0.1) is 0 Å². The predicted molar refractivity (Wildman–Crippen MR) is 70.7 cm³/mol. The number of ketones is 1. The van der Waals surface area contributed by atoms with Crippen LogP contribution in [0.2, 0.25) is 0 Å². The normalized spacial score (nSPS) is 10.3. The third kappa shape index (κ3) is 4.39. The molecule has 0 aliphatic rings. The van der Waals surface area contributed by atoms with Crippen LogP contribution >= 0.6 is 27.7 Å². The van der Waals surface area contributed by atoms with Crippen LogP contribution in [0.4, 0.5) is 0 Å². The van der Waals surface area contributed by atoms with E-state index in [9.17, 15) is 4.79 Å². The van der Waals surface area contributed by atoms with E-state index in [1.54, 1.807) is 11.8 Å². The molecule has 1 nitrogen and oxygen atoms in total. The minimum absolute atomic E-state index is 0.212. The molecule has 0 saturated heterocycles. The van der Waals surface area contributed by atoms with Crippen molar-refractivity contribution in [2.45, 2.75) is 19.8 Å². The minimum Gasteiger partial charge on any atom is -0.293 e. The SMILES string of the molecule is CCCCSCC(=O)c1ccccc1Br. The van der Waals surface area contributed by atoms with Gasteiger partial charge in [-0.2, -0.15) is 11.8 Å². The number of Topliss-reactive ketones (excluding diaryl/α,β-unsaturated/α-hetero) is 1. The molecule has 82 valence electrons. The second kappa shape index (κ2) is 7.07. The first-order valence-electron chi connectivity index (χ1n) is 5.11. The van der Waals surface area contributed by atoms with Crippen molar-refractivity contribution in [1.29, 1.82) is 0 Å². The molecule has 0 amide bonds. The molecule has 0 aliphatic carbocycles. The highest BCUT2D eigenvalue weighted by Crippen LogP contribution is 2.18. The zero-order valence-electron chi connectivity index (χ0n) is 8.83. The largest absolute Gasteiger partial charge is 0.293 e. The average Bonchev–Trinajstić information content (AvgIpc) is 2.25. The fraction of sp³-hybridized carbons (Fsp3) is 0.417. The van der Waals surface area contributed by atoms with Crippen LogP contribution in [0.1, 0.15) is 30.1 Å². The van der Waals surface area contributed by atoms with Gasteiger partial charge >= 0.3 is 0 Å². The first kappa shape index (κ1) is 12.8. The number of rotatable bonds is 6. The third-order valence-corrected chi connectivity index (χ3v) is 3.78. The first-order valence-corrected chi connectivity index (χ1v) is 7.06. The van der Waals surface area contributed by atoms with Gasteiger partial charge in [0.2, 0.25) is 0 Å². The summed E-state index contributed by atoms with van der Waals surface area (Å²) in [5.74, 6) is 1.87. The Morgan fingerprint density at radius 3 is 2.80 bits per heavy atom. The van der Waals surface area contributed by atoms with Crippen molar-refractivity contribution in [2.75, 3.05) is 11.5 Å². The molecule has 15 heavy (non-hydrogen) atoms. The van der Waals surface area contributed by atoms with E-state index in [1.165, 1.54) is 12.8 Å². The molecular weight excluding hydrogens is 272 g/mol. The van der Waals surface area contributed by atoms with Crippen molar-refractivity contribution in [2.24, 2.45) is 0 Å². The van der Waals surface area contributed by atoms with Gasteiger partial charge in [-0.1, -0.05) is 47.5 Å². The fourth-order valence-electron chi connectivity index (χ4n) is 1.18. The Balaban J connectivity index is 2.44. The molecule has 0 bridgehead atoms. The van der Waals surface area contributed by atoms with Gasteiger partial charge in [-0.25, -0.2) is 0 Å². The maximum Gasteiger partial charge on any atom is 0.173 e. The summed E-state index contributed by atoms with van der Waals surface area (Å²) in [6, 6.07) is 7.59. The summed E-state index contributed by atoms with van der Waals surface area (Å²) in [4.78, 5) is 11.8. The molecule has 0 spiro atoms. The molecule has 1 aromatic carbocycles. The summed E-state index contributed by atoms with van der Waals surface area (Å²) in [6.45, 7) is 2.16. The topological polar surface area (TPSA) is 17.1 Å². The van der Waals surface area contributed by atoms with Crippen molar-refractivity contribution < 1.29 is 4.79 Å². The van der Waals surface area contributed by atoms with Crippen LogP contribution in [0.3, 0.4) is 0 Å². The van der Waals surface area contributed by atoms with Crippen molar-refractivity contribution in [1.82, 2.24) is 0 Å². The lowest BCUT2D eigenvalue weighted by Crippen LogP contribution is -2.03.